The van der Waals surface area contributed by atoms with E-state index in [1.54, 1.807) is 25.1 Å². The number of carbonyl (C=O) groups excluding carboxylic acids is 1. The van der Waals surface area contributed by atoms with Crippen LogP contribution in [-0.4, -0.2) is 56.0 Å². The van der Waals surface area contributed by atoms with E-state index in [2.05, 4.69) is 0 Å². The zero-order valence-electron chi connectivity index (χ0n) is 11.3. The molecule has 0 spiro atoms. The molecule has 2 rings (SSSR count). The second-order valence-electron chi connectivity index (χ2n) is 4.94. The number of amides is 1. The molecular formula is C14H19FN2O2. The predicted molar refractivity (Wildman–Crippen MR) is 70.2 cm³/mol. The first-order valence-electron chi connectivity index (χ1n) is 6.36. The van der Waals surface area contributed by atoms with Gasteiger partial charge < -0.3 is 9.64 Å². The first kappa shape index (κ1) is 14.0. The third-order valence-electron chi connectivity index (χ3n) is 3.23. The van der Waals surface area contributed by atoms with Gasteiger partial charge in [-0.1, -0.05) is 12.1 Å². The molecule has 1 saturated heterocycles. The molecule has 5 heteroatoms. The molecule has 1 aromatic rings. The van der Waals surface area contributed by atoms with Crippen molar-refractivity contribution in [3.63, 3.8) is 0 Å². The van der Waals surface area contributed by atoms with Crippen molar-refractivity contribution in [2.24, 2.45) is 0 Å². The van der Waals surface area contributed by atoms with Gasteiger partial charge in [-0.05, 0) is 17.7 Å². The second-order valence-corrected chi connectivity index (χ2v) is 4.94. The summed E-state index contributed by atoms with van der Waals surface area (Å²) in [5.74, 6) is -0.192. The van der Waals surface area contributed by atoms with Crippen LogP contribution >= 0.6 is 0 Å². The van der Waals surface area contributed by atoms with Crippen molar-refractivity contribution in [2.45, 2.75) is 6.10 Å². The molecule has 1 unspecified atom stereocenters. The van der Waals surface area contributed by atoms with Crippen LogP contribution in [0.15, 0.2) is 24.3 Å². The molecule has 0 aliphatic carbocycles. The maximum Gasteiger partial charge on any atom is 0.236 e. The van der Waals surface area contributed by atoms with Gasteiger partial charge in [-0.3, -0.25) is 9.69 Å². The maximum atomic E-state index is 13.2. The van der Waals surface area contributed by atoms with Crippen molar-refractivity contribution >= 4 is 5.91 Å². The molecule has 0 bridgehead atoms. The smallest absolute Gasteiger partial charge is 0.236 e. The van der Waals surface area contributed by atoms with Crippen molar-refractivity contribution in [3.8, 4) is 0 Å². The number of benzene rings is 1. The fraction of sp³-hybridized carbons (Fsp3) is 0.500. The van der Waals surface area contributed by atoms with E-state index in [0.29, 0.717) is 19.7 Å². The zero-order valence-corrected chi connectivity index (χ0v) is 11.3. The third kappa shape index (κ3) is 3.75. The van der Waals surface area contributed by atoms with Gasteiger partial charge in [0.05, 0.1) is 19.3 Å². The number of carbonyl (C=O) groups is 1. The summed E-state index contributed by atoms with van der Waals surface area (Å²) in [6.07, 6.45) is -0.167. The topological polar surface area (TPSA) is 32.8 Å². The van der Waals surface area contributed by atoms with Gasteiger partial charge in [0.2, 0.25) is 5.91 Å². The van der Waals surface area contributed by atoms with E-state index in [0.717, 1.165) is 12.1 Å². The Hall–Kier alpha value is -1.46. The van der Waals surface area contributed by atoms with Crippen molar-refractivity contribution in [1.29, 1.82) is 0 Å². The first-order chi connectivity index (χ1) is 9.06. The number of rotatable bonds is 3. The van der Waals surface area contributed by atoms with Crippen molar-refractivity contribution in [1.82, 2.24) is 9.80 Å². The summed E-state index contributed by atoms with van der Waals surface area (Å²) >= 11 is 0. The van der Waals surface area contributed by atoms with Crippen LogP contribution in [0.3, 0.4) is 0 Å². The molecular weight excluding hydrogens is 247 g/mol. The van der Waals surface area contributed by atoms with Crippen LogP contribution in [0.4, 0.5) is 4.39 Å². The highest BCUT2D eigenvalue weighted by molar-refractivity contribution is 5.77. The molecule has 1 aliphatic heterocycles. The monoisotopic (exact) mass is 266 g/mol. The summed E-state index contributed by atoms with van der Waals surface area (Å²) in [7, 11) is 3.49. The Morgan fingerprint density at radius 2 is 2.32 bits per heavy atom. The van der Waals surface area contributed by atoms with Crippen LogP contribution < -0.4 is 0 Å². The van der Waals surface area contributed by atoms with Crippen LogP contribution in [0.5, 0.6) is 0 Å². The normalized spacial score (nSPS) is 20.3. The largest absolute Gasteiger partial charge is 0.371 e. The van der Waals surface area contributed by atoms with Crippen LogP contribution in [0, 0.1) is 5.82 Å². The molecule has 0 aromatic heterocycles. The van der Waals surface area contributed by atoms with E-state index < -0.39 is 0 Å². The Balaban J connectivity index is 1.99. The molecule has 104 valence electrons. The highest BCUT2D eigenvalue weighted by atomic mass is 19.1. The van der Waals surface area contributed by atoms with Crippen LogP contribution in [-0.2, 0) is 9.53 Å². The van der Waals surface area contributed by atoms with E-state index in [1.165, 1.54) is 12.1 Å². The lowest BCUT2D eigenvalue weighted by atomic mass is 10.1. The number of hydrogen-bond donors (Lipinski definition) is 0. The zero-order chi connectivity index (χ0) is 13.8. The third-order valence-corrected chi connectivity index (χ3v) is 3.23. The lowest BCUT2D eigenvalue weighted by Crippen LogP contribution is -2.44. The van der Waals surface area contributed by atoms with Crippen LogP contribution in [0.2, 0.25) is 0 Å². The fourth-order valence-electron chi connectivity index (χ4n) is 2.09. The number of likely N-dealkylation sites (N-methyl/N-ethyl adjacent to an activating group) is 1. The summed E-state index contributed by atoms with van der Waals surface area (Å²) in [5, 5.41) is 0. The van der Waals surface area contributed by atoms with Gasteiger partial charge in [0.25, 0.3) is 0 Å². The number of morpholine rings is 1. The van der Waals surface area contributed by atoms with Gasteiger partial charge in [-0.25, -0.2) is 4.39 Å². The number of ether oxygens (including phenoxy) is 1. The maximum absolute atomic E-state index is 13.2. The molecule has 0 N–H and O–H groups in total. The molecule has 1 amide bonds. The van der Waals surface area contributed by atoms with E-state index >= 15 is 0 Å². The predicted octanol–water partition coefficient (Wildman–Crippen LogP) is 1.29. The minimum absolute atomic E-state index is 0.0693. The molecule has 19 heavy (non-hydrogen) atoms. The average Bonchev–Trinajstić information content (AvgIpc) is 2.39. The van der Waals surface area contributed by atoms with Crippen LogP contribution in [0.25, 0.3) is 0 Å². The van der Waals surface area contributed by atoms with Crippen molar-refractivity contribution in [3.05, 3.63) is 35.6 Å². The standard InChI is InChI=1S/C14H19FN2O2/c1-16(2)14(18)10-17-6-7-19-13(9-17)11-4-3-5-12(15)8-11/h3-5,8,13H,6-7,9-10H2,1-2H3. The fourth-order valence-corrected chi connectivity index (χ4v) is 2.09. The number of hydrogen-bond acceptors (Lipinski definition) is 3. The number of nitrogens with zero attached hydrogens (tertiary/aromatic N) is 2. The first-order valence-corrected chi connectivity index (χ1v) is 6.36. The quantitative estimate of drug-likeness (QED) is 0.826. The van der Waals surface area contributed by atoms with Crippen LogP contribution in [0.1, 0.15) is 11.7 Å². The van der Waals surface area contributed by atoms with Gasteiger partial charge in [-0.2, -0.15) is 0 Å². The van der Waals surface area contributed by atoms with Gasteiger partial charge >= 0.3 is 0 Å². The minimum atomic E-state index is -0.261. The molecule has 1 fully saturated rings. The highest BCUT2D eigenvalue weighted by Crippen LogP contribution is 2.22. The summed E-state index contributed by atoms with van der Waals surface area (Å²) < 4.78 is 18.9. The molecule has 1 aliphatic rings. The molecule has 1 aromatic carbocycles. The highest BCUT2D eigenvalue weighted by Gasteiger charge is 2.24. The molecule has 4 nitrogen and oxygen atoms in total. The molecule has 1 atom stereocenters. The summed E-state index contributed by atoms with van der Waals surface area (Å²) in [5.41, 5.74) is 0.821. The van der Waals surface area contributed by atoms with E-state index in [-0.39, 0.29) is 17.8 Å². The van der Waals surface area contributed by atoms with E-state index in [9.17, 15) is 9.18 Å². The minimum Gasteiger partial charge on any atom is -0.371 e. The van der Waals surface area contributed by atoms with Gasteiger partial charge in [0.15, 0.2) is 0 Å². The SMILES string of the molecule is CN(C)C(=O)CN1CCOC(c2cccc(F)c2)C1. The number of halogens is 1. The Morgan fingerprint density at radius 1 is 1.53 bits per heavy atom. The summed E-state index contributed by atoms with van der Waals surface area (Å²) in [6.45, 7) is 2.28. The van der Waals surface area contributed by atoms with Gasteiger partial charge in [-0.15, -0.1) is 0 Å². The van der Waals surface area contributed by atoms with E-state index in [1.807, 2.05) is 11.0 Å². The van der Waals surface area contributed by atoms with Gasteiger partial charge in [0.1, 0.15) is 5.82 Å². The Bertz CT molecular complexity index is 451. The van der Waals surface area contributed by atoms with E-state index in [4.69, 9.17) is 4.74 Å². The average molecular weight is 266 g/mol. The summed E-state index contributed by atoms with van der Waals surface area (Å²) in [6, 6.07) is 6.44. The molecule has 0 radical (unpaired) electrons. The molecule has 1 heterocycles. The Morgan fingerprint density at radius 3 is 3.00 bits per heavy atom. The van der Waals surface area contributed by atoms with Crippen molar-refractivity contribution < 1.29 is 13.9 Å². The molecule has 0 saturated carbocycles. The Kier molecular flexibility index (Phi) is 4.50. The van der Waals surface area contributed by atoms with Gasteiger partial charge in [0, 0.05) is 27.2 Å². The second kappa shape index (κ2) is 6.12. The Labute approximate surface area is 112 Å². The lowest BCUT2D eigenvalue weighted by molar-refractivity contribution is -0.132. The van der Waals surface area contributed by atoms with Crippen molar-refractivity contribution in [2.75, 3.05) is 40.3 Å². The lowest BCUT2D eigenvalue weighted by Gasteiger charge is -2.33. The summed E-state index contributed by atoms with van der Waals surface area (Å²) in [4.78, 5) is 15.3.